The molecule has 33 heavy (non-hydrogen) atoms. The van der Waals surface area contributed by atoms with Crippen molar-refractivity contribution in [3.8, 4) is 5.75 Å². The summed E-state index contributed by atoms with van der Waals surface area (Å²) in [5.74, 6) is -0.861. The number of carbonyl (C=O) groups excluding carboxylic acids is 2. The fourth-order valence-electron chi connectivity index (χ4n) is 2.75. The SMILES string of the molecule is CCCCS(=O)(=O)N[C@@H](Cc1ccc(OCCCC(=O)NC(=N)N)cc1)C(=O)OC(C)(C)C. The number of unbranched alkanes of at least 4 members (excludes halogenated alkanes) is 1. The second kappa shape index (κ2) is 13.1. The molecule has 11 heteroatoms. The first kappa shape index (κ1) is 28.4. The van der Waals surface area contributed by atoms with Crippen LogP contribution in [0.4, 0.5) is 0 Å². The van der Waals surface area contributed by atoms with Gasteiger partial charge in [-0.05, 0) is 57.7 Å². The number of nitrogens with one attached hydrogen (secondary N) is 3. The number of nitrogens with two attached hydrogens (primary N) is 1. The minimum Gasteiger partial charge on any atom is -0.494 e. The average molecular weight is 485 g/mol. The molecule has 5 N–H and O–H groups in total. The normalized spacial score (nSPS) is 12.6. The Labute approximate surface area is 196 Å². The van der Waals surface area contributed by atoms with Crippen molar-refractivity contribution in [2.24, 2.45) is 5.73 Å². The highest BCUT2D eigenvalue weighted by Gasteiger charge is 2.29. The molecule has 1 amide bonds. The highest BCUT2D eigenvalue weighted by molar-refractivity contribution is 7.89. The first-order chi connectivity index (χ1) is 15.3. The molecule has 0 aromatic heterocycles. The van der Waals surface area contributed by atoms with E-state index in [2.05, 4.69) is 10.0 Å². The van der Waals surface area contributed by atoms with Gasteiger partial charge in [0, 0.05) is 6.42 Å². The second-order valence-corrected chi connectivity index (χ2v) is 10.5. The van der Waals surface area contributed by atoms with E-state index in [4.69, 9.17) is 20.6 Å². The van der Waals surface area contributed by atoms with Crippen molar-refractivity contribution in [3.63, 3.8) is 0 Å². The van der Waals surface area contributed by atoms with Gasteiger partial charge < -0.3 is 15.2 Å². The van der Waals surface area contributed by atoms with Crippen molar-refractivity contribution < 1.29 is 27.5 Å². The van der Waals surface area contributed by atoms with Gasteiger partial charge in [0.25, 0.3) is 0 Å². The van der Waals surface area contributed by atoms with Crippen LogP contribution in [0.15, 0.2) is 24.3 Å². The largest absolute Gasteiger partial charge is 0.494 e. The number of ether oxygens (including phenoxy) is 2. The summed E-state index contributed by atoms with van der Waals surface area (Å²) in [6, 6.07) is 5.87. The molecule has 0 saturated heterocycles. The molecule has 0 radical (unpaired) electrons. The molecular formula is C22H36N4O6S. The van der Waals surface area contributed by atoms with Crippen LogP contribution in [-0.2, 0) is 30.8 Å². The Kier molecular flexibility index (Phi) is 11.3. The summed E-state index contributed by atoms with van der Waals surface area (Å²) in [6.45, 7) is 7.37. The van der Waals surface area contributed by atoms with E-state index < -0.39 is 33.6 Å². The number of esters is 1. The third-order valence-electron chi connectivity index (χ3n) is 4.23. The topological polar surface area (TPSA) is 161 Å². The smallest absolute Gasteiger partial charge is 0.325 e. The molecule has 0 fully saturated rings. The van der Waals surface area contributed by atoms with Gasteiger partial charge in [0.15, 0.2) is 5.96 Å². The van der Waals surface area contributed by atoms with E-state index in [1.54, 1.807) is 45.0 Å². The van der Waals surface area contributed by atoms with E-state index >= 15 is 0 Å². The van der Waals surface area contributed by atoms with Crippen LogP contribution in [0.3, 0.4) is 0 Å². The number of benzene rings is 1. The third-order valence-corrected chi connectivity index (χ3v) is 5.70. The lowest BCUT2D eigenvalue weighted by atomic mass is 10.1. The predicted octanol–water partition coefficient (Wildman–Crippen LogP) is 1.83. The molecule has 10 nitrogen and oxygen atoms in total. The molecule has 0 bridgehead atoms. The highest BCUT2D eigenvalue weighted by atomic mass is 32.2. The number of carbonyl (C=O) groups is 2. The van der Waals surface area contributed by atoms with Crippen molar-refractivity contribution in [2.75, 3.05) is 12.4 Å². The van der Waals surface area contributed by atoms with Crippen LogP contribution < -0.4 is 20.5 Å². The number of sulfonamides is 1. The van der Waals surface area contributed by atoms with Gasteiger partial charge in [0.1, 0.15) is 17.4 Å². The first-order valence-electron chi connectivity index (χ1n) is 10.9. The number of hydrogen-bond acceptors (Lipinski definition) is 7. The van der Waals surface area contributed by atoms with Gasteiger partial charge in [0.05, 0.1) is 12.4 Å². The van der Waals surface area contributed by atoms with Gasteiger partial charge in [-0.1, -0.05) is 25.5 Å². The van der Waals surface area contributed by atoms with Gasteiger partial charge in [-0.3, -0.25) is 20.3 Å². The second-order valence-electron chi connectivity index (χ2n) is 8.64. The molecule has 0 spiro atoms. The summed E-state index contributed by atoms with van der Waals surface area (Å²) in [5.41, 5.74) is 5.08. The Morgan fingerprint density at radius 3 is 2.33 bits per heavy atom. The quantitative estimate of drug-likeness (QED) is 0.144. The fraction of sp³-hybridized carbons (Fsp3) is 0.591. The lowest BCUT2D eigenvalue weighted by molar-refractivity contribution is -0.156. The van der Waals surface area contributed by atoms with Crippen molar-refractivity contribution in [1.29, 1.82) is 5.41 Å². The zero-order chi connectivity index (χ0) is 25.1. The Bertz CT molecular complexity index is 894. The van der Waals surface area contributed by atoms with E-state index in [1.165, 1.54) is 0 Å². The number of rotatable bonds is 13. The minimum atomic E-state index is -3.63. The van der Waals surface area contributed by atoms with Gasteiger partial charge in [-0.15, -0.1) is 0 Å². The van der Waals surface area contributed by atoms with Gasteiger partial charge in [-0.25, -0.2) is 13.1 Å². The van der Waals surface area contributed by atoms with E-state index in [0.29, 0.717) is 25.2 Å². The summed E-state index contributed by atoms with van der Waals surface area (Å²) in [5, 5.41) is 9.20. The number of amides is 1. The Morgan fingerprint density at radius 2 is 1.79 bits per heavy atom. The molecule has 1 aromatic rings. The maximum absolute atomic E-state index is 12.7. The van der Waals surface area contributed by atoms with Gasteiger partial charge >= 0.3 is 5.97 Å². The first-order valence-corrected chi connectivity index (χ1v) is 12.5. The zero-order valence-electron chi connectivity index (χ0n) is 19.8. The molecule has 1 atom stereocenters. The molecule has 1 aromatic carbocycles. The van der Waals surface area contributed by atoms with Crippen molar-refractivity contribution in [3.05, 3.63) is 29.8 Å². The summed E-state index contributed by atoms with van der Waals surface area (Å²) in [6.07, 6.45) is 1.97. The Balaban J connectivity index is 2.74. The molecule has 0 aliphatic carbocycles. The lowest BCUT2D eigenvalue weighted by Crippen LogP contribution is -2.46. The predicted molar refractivity (Wildman–Crippen MR) is 126 cm³/mol. The summed E-state index contributed by atoms with van der Waals surface area (Å²) < 4.78 is 38.2. The van der Waals surface area contributed by atoms with Crippen LogP contribution in [0.1, 0.15) is 58.9 Å². The average Bonchev–Trinajstić information content (AvgIpc) is 2.68. The van der Waals surface area contributed by atoms with E-state index in [-0.39, 0.29) is 24.5 Å². The maximum Gasteiger partial charge on any atom is 0.325 e. The monoisotopic (exact) mass is 484 g/mol. The number of hydrogen-bond donors (Lipinski definition) is 4. The maximum atomic E-state index is 12.7. The minimum absolute atomic E-state index is 0.0555. The summed E-state index contributed by atoms with van der Waals surface area (Å²) in [7, 11) is -3.63. The van der Waals surface area contributed by atoms with E-state index in [1.807, 2.05) is 6.92 Å². The molecular weight excluding hydrogens is 448 g/mol. The van der Waals surface area contributed by atoms with Gasteiger partial charge in [0.2, 0.25) is 15.9 Å². The lowest BCUT2D eigenvalue weighted by Gasteiger charge is -2.24. The Hall–Kier alpha value is -2.66. The van der Waals surface area contributed by atoms with Crippen molar-refractivity contribution in [1.82, 2.24) is 10.0 Å². The van der Waals surface area contributed by atoms with Crippen molar-refractivity contribution >= 4 is 27.9 Å². The molecule has 1 rings (SSSR count). The van der Waals surface area contributed by atoms with Crippen LogP contribution in [0.25, 0.3) is 0 Å². The van der Waals surface area contributed by atoms with E-state index in [0.717, 1.165) is 12.0 Å². The summed E-state index contributed by atoms with van der Waals surface area (Å²) >= 11 is 0. The molecule has 0 unspecified atom stereocenters. The molecule has 0 aliphatic rings. The Morgan fingerprint density at radius 1 is 1.15 bits per heavy atom. The molecule has 0 heterocycles. The fourth-order valence-corrected chi connectivity index (χ4v) is 4.15. The number of guanidine groups is 1. The van der Waals surface area contributed by atoms with Crippen LogP contribution in [0.2, 0.25) is 0 Å². The van der Waals surface area contributed by atoms with Crippen molar-refractivity contribution in [2.45, 2.75) is 71.4 Å². The zero-order valence-corrected chi connectivity index (χ0v) is 20.6. The van der Waals surface area contributed by atoms with Crippen LogP contribution >= 0.6 is 0 Å². The summed E-state index contributed by atoms with van der Waals surface area (Å²) in [4.78, 5) is 24.1. The highest BCUT2D eigenvalue weighted by Crippen LogP contribution is 2.16. The third kappa shape index (κ3) is 12.8. The standard InChI is InChI=1S/C22H36N4O6S/c1-5-6-14-33(29,30)26-18(20(28)32-22(2,3)4)15-16-9-11-17(12-10-16)31-13-7-8-19(27)25-21(23)24/h9-12,18,26H,5-8,13-15H2,1-4H3,(H4,23,24,25,27)/t18-/m0/s1. The molecule has 0 saturated carbocycles. The molecule has 0 aliphatic heterocycles. The van der Waals surface area contributed by atoms with Gasteiger partial charge in [-0.2, -0.15) is 0 Å². The van der Waals surface area contributed by atoms with E-state index in [9.17, 15) is 18.0 Å². The van der Waals surface area contributed by atoms with Crippen LogP contribution in [0, 0.1) is 5.41 Å². The molecule has 186 valence electrons. The van der Waals surface area contributed by atoms with Crippen LogP contribution in [-0.4, -0.2) is 50.3 Å². The van der Waals surface area contributed by atoms with Crippen LogP contribution in [0.5, 0.6) is 5.75 Å².